The maximum absolute atomic E-state index is 12.5. The second kappa shape index (κ2) is 7.92. The summed E-state index contributed by atoms with van der Waals surface area (Å²) >= 11 is 0. The van der Waals surface area contributed by atoms with Gasteiger partial charge >= 0.3 is 5.97 Å². The van der Waals surface area contributed by atoms with Crippen molar-refractivity contribution in [1.82, 2.24) is 14.6 Å². The molecule has 1 fully saturated rings. The molecule has 0 unspecified atom stereocenters. The van der Waals surface area contributed by atoms with E-state index in [-0.39, 0.29) is 35.7 Å². The van der Waals surface area contributed by atoms with Crippen LogP contribution in [0.2, 0.25) is 0 Å². The van der Waals surface area contributed by atoms with E-state index < -0.39 is 22.0 Å². The minimum Gasteiger partial charge on any atom is -0.480 e. The number of carbonyl (C=O) groups is 2. The zero-order valence-electron chi connectivity index (χ0n) is 14.3. The molecule has 1 aromatic rings. The van der Waals surface area contributed by atoms with E-state index in [9.17, 15) is 18.0 Å². The lowest BCUT2D eigenvalue weighted by Gasteiger charge is -2.31. The summed E-state index contributed by atoms with van der Waals surface area (Å²) in [6.45, 7) is 3.88. The average molecular weight is 369 g/mol. The Balaban J connectivity index is 1.97. The van der Waals surface area contributed by atoms with Crippen LogP contribution in [0.25, 0.3) is 0 Å². The van der Waals surface area contributed by atoms with Crippen LogP contribution < -0.4 is 5.32 Å². The molecule has 1 aromatic heterocycles. The highest BCUT2D eigenvalue weighted by Gasteiger charge is 2.34. The maximum atomic E-state index is 12.5. The van der Waals surface area contributed by atoms with Gasteiger partial charge in [0.2, 0.25) is 15.9 Å². The van der Waals surface area contributed by atoms with E-state index in [0.717, 1.165) is 0 Å². The van der Waals surface area contributed by atoms with Gasteiger partial charge in [-0.3, -0.25) is 9.78 Å². The predicted octanol–water partition coefficient (Wildman–Crippen LogP) is 0.708. The fraction of sp³-hybridized carbons (Fsp3) is 0.562. The smallest absolute Gasteiger partial charge is 0.326 e. The van der Waals surface area contributed by atoms with Crippen LogP contribution in [0, 0.1) is 11.8 Å². The van der Waals surface area contributed by atoms with Crippen LogP contribution in [0.4, 0.5) is 0 Å². The number of amides is 1. The van der Waals surface area contributed by atoms with Crippen LogP contribution in [-0.4, -0.2) is 53.8 Å². The summed E-state index contributed by atoms with van der Waals surface area (Å²) in [4.78, 5) is 27.4. The molecule has 2 rings (SSSR count). The Hall–Kier alpha value is -2.00. The molecule has 2 N–H and O–H groups in total. The summed E-state index contributed by atoms with van der Waals surface area (Å²) in [5, 5.41) is 11.7. The number of carboxylic acids is 1. The van der Waals surface area contributed by atoms with E-state index in [2.05, 4.69) is 10.3 Å². The SMILES string of the molecule is CC(C)[C@@H](NC(=O)C1CCN(S(=O)(=O)c2cccnc2)CC1)C(=O)O. The molecule has 1 atom stereocenters. The van der Waals surface area contributed by atoms with Gasteiger partial charge in [0.15, 0.2) is 0 Å². The van der Waals surface area contributed by atoms with E-state index in [1.165, 1.54) is 22.8 Å². The normalized spacial score (nSPS) is 18.0. The molecule has 1 amide bonds. The van der Waals surface area contributed by atoms with Gasteiger partial charge in [0.1, 0.15) is 10.9 Å². The molecule has 0 radical (unpaired) electrons. The first-order valence-electron chi connectivity index (χ1n) is 8.17. The molecule has 9 heteroatoms. The minimum absolute atomic E-state index is 0.128. The molecule has 2 heterocycles. The summed E-state index contributed by atoms with van der Waals surface area (Å²) in [6.07, 6.45) is 3.52. The number of hydrogen-bond donors (Lipinski definition) is 2. The molecule has 0 aliphatic carbocycles. The molecule has 0 spiro atoms. The monoisotopic (exact) mass is 369 g/mol. The van der Waals surface area contributed by atoms with Crippen LogP contribution in [0.3, 0.4) is 0 Å². The number of carboxylic acid groups (broad SMARTS) is 1. The van der Waals surface area contributed by atoms with Crippen LogP contribution in [-0.2, 0) is 19.6 Å². The van der Waals surface area contributed by atoms with E-state index in [1.807, 2.05) is 0 Å². The Kier molecular flexibility index (Phi) is 6.12. The van der Waals surface area contributed by atoms with E-state index in [1.54, 1.807) is 19.9 Å². The van der Waals surface area contributed by atoms with Crippen molar-refractivity contribution in [2.45, 2.75) is 37.6 Å². The third kappa shape index (κ3) is 4.55. The van der Waals surface area contributed by atoms with Crippen molar-refractivity contribution in [2.75, 3.05) is 13.1 Å². The standard InChI is InChI=1S/C16H23N3O5S/c1-11(2)14(16(21)22)18-15(20)12-5-8-19(9-6-12)25(23,24)13-4-3-7-17-10-13/h3-4,7,10-12,14H,5-6,8-9H2,1-2H3,(H,18,20)(H,21,22)/t14-/m1/s1. The van der Waals surface area contributed by atoms with Crippen LogP contribution in [0.1, 0.15) is 26.7 Å². The maximum Gasteiger partial charge on any atom is 0.326 e. The van der Waals surface area contributed by atoms with Crippen LogP contribution >= 0.6 is 0 Å². The Labute approximate surface area is 147 Å². The first kappa shape index (κ1) is 19.3. The lowest BCUT2D eigenvalue weighted by Crippen LogP contribution is -2.49. The van der Waals surface area contributed by atoms with E-state index in [0.29, 0.717) is 12.8 Å². The van der Waals surface area contributed by atoms with E-state index >= 15 is 0 Å². The summed E-state index contributed by atoms with van der Waals surface area (Å²) in [5.74, 6) is -2.02. The molecule has 8 nitrogen and oxygen atoms in total. The number of sulfonamides is 1. The largest absolute Gasteiger partial charge is 0.480 e. The number of aliphatic carboxylic acids is 1. The van der Waals surface area contributed by atoms with Crippen LogP contribution in [0.5, 0.6) is 0 Å². The highest BCUT2D eigenvalue weighted by Crippen LogP contribution is 2.23. The Morgan fingerprint density at radius 3 is 2.44 bits per heavy atom. The Morgan fingerprint density at radius 1 is 1.32 bits per heavy atom. The number of piperidine rings is 1. The molecular formula is C16H23N3O5S. The van der Waals surface area contributed by atoms with Crippen molar-refractivity contribution in [3.8, 4) is 0 Å². The van der Waals surface area contributed by atoms with Crippen molar-refractivity contribution in [3.05, 3.63) is 24.5 Å². The van der Waals surface area contributed by atoms with Gasteiger partial charge in [-0.05, 0) is 30.9 Å². The zero-order valence-corrected chi connectivity index (χ0v) is 15.1. The summed E-state index contributed by atoms with van der Waals surface area (Å²) in [7, 11) is -3.62. The van der Waals surface area contributed by atoms with E-state index in [4.69, 9.17) is 5.11 Å². The number of nitrogens with zero attached hydrogens (tertiary/aromatic N) is 2. The second-order valence-corrected chi connectivity index (χ2v) is 8.37. The number of nitrogens with one attached hydrogen (secondary N) is 1. The molecule has 1 saturated heterocycles. The van der Waals surface area contributed by atoms with Gasteiger partial charge in [0.05, 0.1) is 0 Å². The first-order valence-corrected chi connectivity index (χ1v) is 9.61. The molecule has 0 saturated carbocycles. The molecule has 1 aliphatic heterocycles. The molecule has 1 aliphatic rings. The predicted molar refractivity (Wildman–Crippen MR) is 90.1 cm³/mol. The fourth-order valence-electron chi connectivity index (χ4n) is 2.79. The number of rotatable bonds is 6. The zero-order chi connectivity index (χ0) is 18.6. The third-order valence-corrected chi connectivity index (χ3v) is 6.21. The van der Waals surface area contributed by atoms with Crippen LogP contribution in [0.15, 0.2) is 29.4 Å². The van der Waals surface area contributed by atoms with Gasteiger partial charge in [-0.25, -0.2) is 13.2 Å². The van der Waals surface area contributed by atoms with Crippen molar-refractivity contribution in [3.63, 3.8) is 0 Å². The van der Waals surface area contributed by atoms with Gasteiger partial charge in [0, 0.05) is 31.4 Å². The first-order chi connectivity index (χ1) is 11.7. The summed E-state index contributed by atoms with van der Waals surface area (Å²) < 4.78 is 26.4. The summed E-state index contributed by atoms with van der Waals surface area (Å²) in [5.41, 5.74) is 0. The quantitative estimate of drug-likeness (QED) is 0.763. The minimum atomic E-state index is -3.62. The second-order valence-electron chi connectivity index (χ2n) is 6.44. The van der Waals surface area contributed by atoms with Crippen molar-refractivity contribution >= 4 is 21.9 Å². The molecular weight excluding hydrogens is 346 g/mol. The van der Waals surface area contributed by atoms with Gasteiger partial charge in [0.25, 0.3) is 0 Å². The van der Waals surface area contributed by atoms with Gasteiger partial charge in [-0.15, -0.1) is 0 Å². The Bertz CT molecular complexity index is 713. The topological polar surface area (TPSA) is 117 Å². The number of carbonyl (C=O) groups excluding carboxylic acids is 1. The average Bonchev–Trinajstić information content (AvgIpc) is 2.59. The van der Waals surface area contributed by atoms with Gasteiger partial charge in [-0.1, -0.05) is 13.8 Å². The lowest BCUT2D eigenvalue weighted by atomic mass is 9.95. The molecule has 138 valence electrons. The highest BCUT2D eigenvalue weighted by molar-refractivity contribution is 7.89. The van der Waals surface area contributed by atoms with Gasteiger partial charge in [-0.2, -0.15) is 4.31 Å². The molecule has 0 aromatic carbocycles. The number of aromatic nitrogens is 1. The third-order valence-electron chi connectivity index (χ3n) is 4.33. The molecule has 0 bridgehead atoms. The molecule has 25 heavy (non-hydrogen) atoms. The highest BCUT2D eigenvalue weighted by atomic mass is 32.2. The van der Waals surface area contributed by atoms with Crippen molar-refractivity contribution < 1.29 is 23.1 Å². The van der Waals surface area contributed by atoms with Crippen molar-refractivity contribution in [1.29, 1.82) is 0 Å². The fourth-order valence-corrected chi connectivity index (χ4v) is 4.23. The van der Waals surface area contributed by atoms with Gasteiger partial charge < -0.3 is 10.4 Å². The van der Waals surface area contributed by atoms with Crippen molar-refractivity contribution in [2.24, 2.45) is 11.8 Å². The lowest BCUT2D eigenvalue weighted by molar-refractivity contribution is -0.144. The Morgan fingerprint density at radius 2 is 1.96 bits per heavy atom. The summed E-state index contributed by atoms with van der Waals surface area (Å²) in [6, 6.07) is 2.11. The number of pyridine rings is 1. The number of hydrogen-bond acceptors (Lipinski definition) is 5.